The molecule has 126 valence electrons. The Kier molecular flexibility index (Phi) is 3.41. The van der Waals surface area contributed by atoms with Crippen LogP contribution in [0, 0.1) is 10.6 Å². The highest BCUT2D eigenvalue weighted by Crippen LogP contribution is 2.66. The van der Waals surface area contributed by atoms with Gasteiger partial charge in [-0.2, -0.15) is 0 Å². The zero-order chi connectivity index (χ0) is 17.2. The van der Waals surface area contributed by atoms with E-state index in [0.717, 1.165) is 23.4 Å². The minimum Gasteiger partial charge on any atom is -0.348 e. The number of halogens is 2. The van der Waals surface area contributed by atoms with Crippen LogP contribution in [0.25, 0.3) is 0 Å². The summed E-state index contributed by atoms with van der Waals surface area (Å²) in [5.74, 6) is -0.0304. The van der Waals surface area contributed by atoms with E-state index < -0.39 is 0 Å². The molecule has 1 aromatic carbocycles. The molecular weight excluding hydrogens is 349 g/mol. The number of fused-ring (bicyclic) bond motifs is 3. The number of nitrogens with zero attached hydrogens (tertiary/aromatic N) is 2. The Morgan fingerprint density at radius 3 is 2.92 bits per heavy atom. The number of H-pyrrole nitrogens is 1. The fraction of sp³-hybridized carbons (Fsp3) is 0.412. The molecule has 1 N–H and O–H groups in total. The molecule has 1 saturated carbocycles. The molecule has 1 amide bonds. The van der Waals surface area contributed by atoms with Gasteiger partial charge < -0.3 is 14.5 Å². The zero-order valence-electron chi connectivity index (χ0n) is 13.4. The lowest BCUT2D eigenvalue weighted by molar-refractivity contribution is -0.128. The largest absolute Gasteiger partial charge is 0.348 e. The smallest absolute Gasteiger partial charge is 0.228 e. The van der Waals surface area contributed by atoms with Crippen molar-refractivity contribution in [3.05, 3.63) is 50.8 Å². The van der Waals surface area contributed by atoms with E-state index >= 15 is 0 Å². The molecular formula is C17H17ClFN3OS. The van der Waals surface area contributed by atoms with E-state index in [4.69, 9.17) is 23.8 Å². The first kappa shape index (κ1) is 15.8. The van der Waals surface area contributed by atoms with Gasteiger partial charge in [-0.15, -0.1) is 0 Å². The third-order valence-corrected chi connectivity index (χ3v) is 5.75. The minimum atomic E-state index is -0.317. The number of carbonyl (C=O) groups is 1. The lowest BCUT2D eigenvalue weighted by Gasteiger charge is -2.13. The van der Waals surface area contributed by atoms with Crippen molar-refractivity contribution in [1.82, 2.24) is 14.5 Å². The van der Waals surface area contributed by atoms with E-state index in [0.29, 0.717) is 22.8 Å². The number of rotatable bonds is 3. The van der Waals surface area contributed by atoms with Crippen LogP contribution in [0.1, 0.15) is 29.3 Å². The van der Waals surface area contributed by atoms with Crippen molar-refractivity contribution in [3.8, 4) is 0 Å². The summed E-state index contributed by atoms with van der Waals surface area (Å²) in [5, 5.41) is 0.412. The summed E-state index contributed by atoms with van der Waals surface area (Å²) in [6.07, 6.45) is 1.23. The third-order valence-electron chi connectivity index (χ3n) is 5.21. The fourth-order valence-corrected chi connectivity index (χ4v) is 4.41. The second-order valence-electron chi connectivity index (χ2n) is 6.92. The van der Waals surface area contributed by atoms with Gasteiger partial charge in [0, 0.05) is 48.4 Å². The normalized spacial score (nSPS) is 23.8. The summed E-state index contributed by atoms with van der Waals surface area (Å²) in [6.45, 7) is 0.707. The Hall–Kier alpha value is -1.66. The predicted octanol–water partition coefficient (Wildman–Crippen LogP) is 3.41. The Morgan fingerprint density at radius 2 is 2.25 bits per heavy atom. The first-order valence-electron chi connectivity index (χ1n) is 7.80. The van der Waals surface area contributed by atoms with Gasteiger partial charge in [-0.25, -0.2) is 4.39 Å². The molecule has 2 heterocycles. The van der Waals surface area contributed by atoms with Crippen molar-refractivity contribution in [2.45, 2.75) is 30.7 Å². The quantitative estimate of drug-likeness (QED) is 0.847. The number of aromatic amines is 1. The van der Waals surface area contributed by atoms with E-state index in [-0.39, 0.29) is 23.1 Å². The Morgan fingerprint density at radius 1 is 1.50 bits per heavy atom. The van der Waals surface area contributed by atoms with Crippen LogP contribution in [0.15, 0.2) is 18.2 Å². The molecule has 1 aliphatic heterocycles. The highest BCUT2D eigenvalue weighted by atomic mass is 35.5. The first-order valence-corrected chi connectivity index (χ1v) is 8.59. The van der Waals surface area contributed by atoms with E-state index in [9.17, 15) is 9.18 Å². The average Bonchev–Trinajstić information content (AvgIpc) is 2.99. The van der Waals surface area contributed by atoms with Crippen LogP contribution in [-0.2, 0) is 23.2 Å². The molecule has 4 rings (SSSR count). The van der Waals surface area contributed by atoms with Gasteiger partial charge in [0.1, 0.15) is 5.82 Å². The number of benzene rings is 1. The van der Waals surface area contributed by atoms with E-state index in [1.807, 2.05) is 6.07 Å². The Bertz CT molecular complexity index is 899. The Balaban J connectivity index is 1.72. The molecule has 7 heteroatoms. The molecule has 0 saturated heterocycles. The van der Waals surface area contributed by atoms with Crippen LogP contribution >= 0.6 is 23.8 Å². The van der Waals surface area contributed by atoms with E-state index in [2.05, 4.69) is 9.55 Å². The molecule has 4 nitrogen and oxygen atoms in total. The van der Waals surface area contributed by atoms with Crippen molar-refractivity contribution in [2.75, 3.05) is 14.1 Å². The van der Waals surface area contributed by atoms with Crippen LogP contribution in [0.2, 0.25) is 5.02 Å². The molecule has 0 bridgehead atoms. The lowest BCUT2D eigenvalue weighted by atomic mass is 9.94. The van der Waals surface area contributed by atoms with Gasteiger partial charge in [-0.05, 0) is 42.4 Å². The van der Waals surface area contributed by atoms with Gasteiger partial charge in [0.15, 0.2) is 4.77 Å². The van der Waals surface area contributed by atoms with Gasteiger partial charge in [0.25, 0.3) is 0 Å². The van der Waals surface area contributed by atoms with Crippen LogP contribution in [0.4, 0.5) is 4.39 Å². The maximum atomic E-state index is 13.8. The maximum Gasteiger partial charge on any atom is 0.228 e. The summed E-state index contributed by atoms with van der Waals surface area (Å²) in [4.78, 5) is 16.8. The molecule has 24 heavy (non-hydrogen) atoms. The number of hydrogen-bond acceptors (Lipinski definition) is 2. The zero-order valence-corrected chi connectivity index (χ0v) is 15.0. The summed E-state index contributed by atoms with van der Waals surface area (Å²) >= 11 is 11.5. The van der Waals surface area contributed by atoms with E-state index in [1.165, 1.54) is 6.07 Å². The van der Waals surface area contributed by atoms with Crippen molar-refractivity contribution in [2.24, 2.45) is 0 Å². The average molecular weight is 366 g/mol. The monoisotopic (exact) mass is 365 g/mol. The number of amides is 1. The number of likely N-dealkylation sites (N-methyl/N-ethyl adjacent to an activating group) is 1. The van der Waals surface area contributed by atoms with Gasteiger partial charge in [0.2, 0.25) is 5.91 Å². The fourth-order valence-electron chi connectivity index (χ4n) is 3.90. The molecule has 2 atom stereocenters. The summed E-state index contributed by atoms with van der Waals surface area (Å²) in [7, 11) is 3.48. The van der Waals surface area contributed by atoms with Gasteiger partial charge >= 0.3 is 0 Å². The number of carbonyl (C=O) groups excluding carboxylic acids is 1. The van der Waals surface area contributed by atoms with Gasteiger partial charge in [0.05, 0.1) is 6.42 Å². The number of aromatic nitrogens is 2. The second kappa shape index (κ2) is 5.17. The molecule has 1 fully saturated rings. The van der Waals surface area contributed by atoms with Crippen LogP contribution in [-0.4, -0.2) is 34.5 Å². The highest BCUT2D eigenvalue weighted by molar-refractivity contribution is 7.71. The number of hydrogen-bond donors (Lipinski definition) is 1. The topological polar surface area (TPSA) is 41.0 Å². The van der Waals surface area contributed by atoms with E-state index in [1.54, 1.807) is 25.1 Å². The van der Waals surface area contributed by atoms with Crippen molar-refractivity contribution in [3.63, 3.8) is 0 Å². The second-order valence-corrected chi connectivity index (χ2v) is 7.74. The maximum absolute atomic E-state index is 13.8. The van der Waals surface area contributed by atoms with Gasteiger partial charge in [-0.1, -0.05) is 11.6 Å². The highest BCUT2D eigenvalue weighted by Gasteiger charge is 2.62. The van der Waals surface area contributed by atoms with Crippen LogP contribution in [0.5, 0.6) is 0 Å². The van der Waals surface area contributed by atoms with Gasteiger partial charge in [-0.3, -0.25) is 4.79 Å². The minimum absolute atomic E-state index is 0.0293. The van der Waals surface area contributed by atoms with Crippen molar-refractivity contribution >= 4 is 29.7 Å². The third kappa shape index (κ3) is 2.24. The first-order chi connectivity index (χ1) is 11.3. The molecule has 1 aliphatic carbocycles. The Labute approximate surface area is 149 Å². The number of imidazole rings is 1. The summed E-state index contributed by atoms with van der Waals surface area (Å²) in [5.41, 5.74) is 2.75. The standard InChI is InChI=1S/C17H17ClFN3OS/c1-21(2)14(23)6-13-15-12-7-17(12,8-22(15)16(24)20-13)9-3-10(18)5-11(19)4-9/h3-5,12H,6-8H2,1-2H3,(H,20,24)/t12?,17-/m1/s1. The predicted molar refractivity (Wildman–Crippen MR) is 92.5 cm³/mol. The lowest BCUT2D eigenvalue weighted by Crippen LogP contribution is -2.24. The van der Waals surface area contributed by atoms with Crippen LogP contribution in [0.3, 0.4) is 0 Å². The molecule has 2 aromatic rings. The molecule has 0 radical (unpaired) electrons. The van der Waals surface area contributed by atoms with Crippen LogP contribution < -0.4 is 0 Å². The summed E-state index contributed by atoms with van der Waals surface area (Å²) < 4.78 is 16.5. The molecule has 2 aliphatic rings. The molecule has 0 spiro atoms. The summed E-state index contributed by atoms with van der Waals surface area (Å²) in [6, 6.07) is 4.73. The number of nitrogens with one attached hydrogen (secondary N) is 1. The molecule has 1 aromatic heterocycles. The SMILES string of the molecule is CN(C)C(=O)Cc1[nH]c(=S)n2c1C1C[C@]1(c1cc(F)cc(Cl)c1)C2. The van der Waals surface area contributed by atoms with Crippen molar-refractivity contribution in [1.29, 1.82) is 0 Å². The molecule has 1 unspecified atom stereocenters. The van der Waals surface area contributed by atoms with Crippen molar-refractivity contribution < 1.29 is 9.18 Å².